The van der Waals surface area contributed by atoms with Crippen LogP contribution in [0, 0.1) is 0 Å². The van der Waals surface area contributed by atoms with Gasteiger partial charge >= 0.3 is 5.97 Å². The molecule has 1 aromatic carbocycles. The molecule has 2 rings (SSSR count). The van der Waals surface area contributed by atoms with Gasteiger partial charge in [-0.25, -0.2) is 4.98 Å². The van der Waals surface area contributed by atoms with E-state index < -0.39 is 54.3 Å². The molecular formula is C22H29N7O7. The number of carboxylic acids is 1. The highest BCUT2D eigenvalue weighted by Gasteiger charge is 2.29. The van der Waals surface area contributed by atoms with E-state index in [1.54, 1.807) is 0 Å². The first-order valence-corrected chi connectivity index (χ1v) is 10.9. The Labute approximate surface area is 205 Å². The predicted octanol–water partition coefficient (Wildman–Crippen LogP) is -2.34. The lowest BCUT2D eigenvalue weighted by Crippen LogP contribution is -2.56. The molecule has 0 saturated carbocycles. The van der Waals surface area contributed by atoms with E-state index in [1.807, 2.05) is 0 Å². The van der Waals surface area contributed by atoms with E-state index in [-0.39, 0.29) is 31.4 Å². The number of aromatic amines is 1. The molecule has 3 atom stereocenters. The third-order valence-corrected chi connectivity index (χ3v) is 5.07. The number of benzene rings is 1. The molecule has 0 fully saturated rings. The average molecular weight is 504 g/mol. The Morgan fingerprint density at radius 1 is 0.972 bits per heavy atom. The maximum Gasteiger partial charge on any atom is 0.322 e. The lowest BCUT2D eigenvalue weighted by molar-refractivity contribution is -0.138. The van der Waals surface area contributed by atoms with Crippen LogP contribution in [-0.4, -0.2) is 74.4 Å². The van der Waals surface area contributed by atoms with Gasteiger partial charge in [0.25, 0.3) is 0 Å². The molecule has 4 amide bonds. The van der Waals surface area contributed by atoms with E-state index in [1.165, 1.54) is 36.8 Å². The highest BCUT2D eigenvalue weighted by molar-refractivity contribution is 5.94. The van der Waals surface area contributed by atoms with Crippen molar-refractivity contribution in [2.75, 3.05) is 6.54 Å². The molecule has 1 heterocycles. The number of phenolic OH excluding ortho intramolecular Hbond substituents is 1. The van der Waals surface area contributed by atoms with Crippen LogP contribution in [0.5, 0.6) is 5.75 Å². The van der Waals surface area contributed by atoms with Crippen LogP contribution in [0.25, 0.3) is 0 Å². The van der Waals surface area contributed by atoms with Crippen LogP contribution in [0.3, 0.4) is 0 Å². The number of rotatable bonds is 14. The summed E-state index contributed by atoms with van der Waals surface area (Å²) in [5.74, 6) is -4.25. The molecule has 1 aromatic heterocycles. The zero-order valence-corrected chi connectivity index (χ0v) is 19.3. The largest absolute Gasteiger partial charge is 0.508 e. The molecule has 14 heteroatoms. The van der Waals surface area contributed by atoms with Crippen molar-refractivity contribution in [3.05, 3.63) is 48.0 Å². The van der Waals surface area contributed by atoms with Crippen molar-refractivity contribution in [3.8, 4) is 5.75 Å². The Kier molecular flexibility index (Phi) is 10.4. The SMILES string of the molecule is NC(=O)CCC(NC(=O)C(N)Cc1cnc[nH]1)C(=O)NC(Cc1ccc(O)cc1)C(=O)NCC(=O)O. The van der Waals surface area contributed by atoms with Gasteiger partial charge in [-0.2, -0.15) is 0 Å². The maximum atomic E-state index is 13.1. The number of hydrogen-bond acceptors (Lipinski definition) is 8. The summed E-state index contributed by atoms with van der Waals surface area (Å²) in [6.07, 6.45) is 2.58. The highest BCUT2D eigenvalue weighted by atomic mass is 16.4. The van der Waals surface area contributed by atoms with Gasteiger partial charge in [-0.1, -0.05) is 12.1 Å². The number of aromatic nitrogens is 2. The topological polar surface area (TPSA) is 243 Å². The minimum Gasteiger partial charge on any atom is -0.508 e. The molecule has 0 bridgehead atoms. The van der Waals surface area contributed by atoms with E-state index in [4.69, 9.17) is 16.6 Å². The number of amides is 4. The first kappa shape index (κ1) is 27.8. The smallest absolute Gasteiger partial charge is 0.322 e. The van der Waals surface area contributed by atoms with Crippen LogP contribution in [-0.2, 0) is 36.8 Å². The van der Waals surface area contributed by atoms with Crippen molar-refractivity contribution in [2.24, 2.45) is 11.5 Å². The van der Waals surface area contributed by atoms with Crippen LogP contribution in [0.2, 0.25) is 0 Å². The van der Waals surface area contributed by atoms with Gasteiger partial charge in [0.05, 0.1) is 12.4 Å². The number of aliphatic carboxylic acids is 1. The van der Waals surface area contributed by atoms with Crippen LogP contribution in [0.15, 0.2) is 36.8 Å². The van der Waals surface area contributed by atoms with Crippen molar-refractivity contribution in [3.63, 3.8) is 0 Å². The van der Waals surface area contributed by atoms with E-state index >= 15 is 0 Å². The molecule has 0 aliphatic heterocycles. The first-order chi connectivity index (χ1) is 17.0. The van der Waals surface area contributed by atoms with E-state index in [9.17, 15) is 29.1 Å². The van der Waals surface area contributed by atoms with Gasteiger partial charge in [-0.05, 0) is 24.1 Å². The Morgan fingerprint density at radius 2 is 1.64 bits per heavy atom. The van der Waals surface area contributed by atoms with Gasteiger partial charge in [0.1, 0.15) is 24.4 Å². The van der Waals surface area contributed by atoms with Crippen LogP contribution >= 0.6 is 0 Å². The maximum absolute atomic E-state index is 13.1. The molecule has 2 aromatic rings. The van der Waals surface area contributed by atoms with Crippen LogP contribution in [0.1, 0.15) is 24.1 Å². The summed E-state index contributed by atoms with van der Waals surface area (Å²) in [6.45, 7) is -0.676. The molecule has 3 unspecified atom stereocenters. The second kappa shape index (κ2) is 13.4. The number of phenols is 1. The number of carbonyl (C=O) groups excluding carboxylic acids is 4. The number of hydrogen-bond donors (Lipinski definition) is 8. The minimum atomic E-state index is -1.28. The lowest BCUT2D eigenvalue weighted by Gasteiger charge is -2.24. The monoisotopic (exact) mass is 503 g/mol. The molecule has 10 N–H and O–H groups in total. The number of primary amides is 1. The number of nitrogens with two attached hydrogens (primary N) is 2. The van der Waals surface area contributed by atoms with Gasteiger partial charge in [0, 0.05) is 31.2 Å². The Hall–Kier alpha value is -4.46. The van der Waals surface area contributed by atoms with Gasteiger partial charge in [0.15, 0.2) is 0 Å². The standard InChI is InChI=1S/C22H29N7O7/c23-15(8-13-9-25-11-27-13)20(34)28-16(5-6-18(24)31)22(36)29-17(21(35)26-10-19(32)33)7-12-1-3-14(30)4-2-12/h1-4,9,11,15-17,30H,5-8,10,23H2,(H2,24,31)(H,25,27)(H,26,35)(H,28,34)(H,29,36)(H,32,33). The third kappa shape index (κ3) is 9.42. The number of imidazole rings is 1. The normalized spacial score (nSPS) is 13.1. The zero-order valence-electron chi connectivity index (χ0n) is 19.3. The average Bonchev–Trinajstić information content (AvgIpc) is 3.33. The molecule has 0 saturated heterocycles. The molecule has 0 aliphatic carbocycles. The molecule has 194 valence electrons. The Morgan fingerprint density at radius 3 is 2.22 bits per heavy atom. The molecule has 0 spiro atoms. The number of carbonyl (C=O) groups is 5. The highest BCUT2D eigenvalue weighted by Crippen LogP contribution is 2.12. The quantitative estimate of drug-likeness (QED) is 0.137. The number of nitrogens with zero attached hydrogens (tertiary/aromatic N) is 1. The number of H-pyrrole nitrogens is 1. The van der Waals surface area contributed by atoms with Crippen molar-refractivity contribution >= 4 is 29.6 Å². The van der Waals surface area contributed by atoms with E-state index in [0.717, 1.165) is 0 Å². The number of aromatic hydroxyl groups is 1. The van der Waals surface area contributed by atoms with Gasteiger partial charge in [0.2, 0.25) is 23.6 Å². The van der Waals surface area contributed by atoms with Gasteiger partial charge in [-0.15, -0.1) is 0 Å². The molecule has 0 aliphatic rings. The fourth-order valence-corrected chi connectivity index (χ4v) is 3.20. The second-order valence-corrected chi connectivity index (χ2v) is 8.00. The van der Waals surface area contributed by atoms with Crippen molar-refractivity contribution in [2.45, 2.75) is 43.8 Å². The Bertz CT molecular complexity index is 1060. The van der Waals surface area contributed by atoms with Crippen molar-refractivity contribution in [1.29, 1.82) is 0 Å². The molecule has 0 radical (unpaired) electrons. The fourth-order valence-electron chi connectivity index (χ4n) is 3.20. The Balaban J connectivity index is 2.15. The summed E-state index contributed by atoms with van der Waals surface area (Å²) in [4.78, 5) is 67.1. The predicted molar refractivity (Wildman–Crippen MR) is 125 cm³/mol. The second-order valence-electron chi connectivity index (χ2n) is 8.00. The first-order valence-electron chi connectivity index (χ1n) is 10.9. The summed E-state index contributed by atoms with van der Waals surface area (Å²) in [5, 5.41) is 25.5. The molecule has 14 nitrogen and oxygen atoms in total. The van der Waals surface area contributed by atoms with Crippen LogP contribution < -0.4 is 27.4 Å². The summed E-state index contributed by atoms with van der Waals surface area (Å²) < 4.78 is 0. The van der Waals surface area contributed by atoms with E-state index in [0.29, 0.717) is 11.3 Å². The molecule has 36 heavy (non-hydrogen) atoms. The summed E-state index contributed by atoms with van der Waals surface area (Å²) >= 11 is 0. The minimum absolute atomic E-state index is 0.00430. The van der Waals surface area contributed by atoms with Crippen molar-refractivity contribution < 1.29 is 34.2 Å². The zero-order chi connectivity index (χ0) is 26.7. The fraction of sp³-hybridized carbons (Fsp3) is 0.364. The lowest BCUT2D eigenvalue weighted by atomic mass is 10.0. The van der Waals surface area contributed by atoms with Gasteiger partial charge in [-0.3, -0.25) is 24.0 Å². The number of carboxylic acid groups (broad SMARTS) is 1. The number of nitrogens with one attached hydrogen (secondary N) is 4. The van der Waals surface area contributed by atoms with Gasteiger partial charge < -0.3 is 42.6 Å². The summed E-state index contributed by atoms with van der Waals surface area (Å²) in [7, 11) is 0. The van der Waals surface area contributed by atoms with E-state index in [2.05, 4.69) is 25.9 Å². The summed E-state index contributed by atoms with van der Waals surface area (Å²) in [5.41, 5.74) is 12.3. The molecular weight excluding hydrogens is 474 g/mol. The summed E-state index contributed by atoms with van der Waals surface area (Å²) in [6, 6.07) is 2.31. The van der Waals surface area contributed by atoms with Crippen molar-refractivity contribution in [1.82, 2.24) is 25.9 Å². The van der Waals surface area contributed by atoms with Crippen LogP contribution in [0.4, 0.5) is 0 Å². The third-order valence-electron chi connectivity index (χ3n) is 5.07.